The van der Waals surface area contributed by atoms with E-state index in [9.17, 15) is 4.39 Å². The fourth-order valence-corrected chi connectivity index (χ4v) is 3.48. The van der Waals surface area contributed by atoms with Crippen LogP contribution in [0.25, 0.3) is 11.0 Å². The third-order valence-electron chi connectivity index (χ3n) is 4.87. The molecule has 4 rings (SSSR count). The van der Waals surface area contributed by atoms with E-state index in [1.165, 1.54) is 12.1 Å². The lowest BCUT2D eigenvalue weighted by Gasteiger charge is -2.19. The quantitative estimate of drug-likeness (QED) is 0.567. The van der Waals surface area contributed by atoms with Gasteiger partial charge in [-0.2, -0.15) is 0 Å². The molecule has 0 spiro atoms. The van der Waals surface area contributed by atoms with Crippen LogP contribution >= 0.6 is 0 Å². The van der Waals surface area contributed by atoms with Crippen LogP contribution in [-0.4, -0.2) is 34.6 Å². The summed E-state index contributed by atoms with van der Waals surface area (Å²) in [5.41, 5.74) is 9.63. The summed E-state index contributed by atoms with van der Waals surface area (Å²) in [5.74, 6) is 0.225. The number of aromatic nitrogens is 3. The van der Waals surface area contributed by atoms with Gasteiger partial charge in [0.15, 0.2) is 0 Å². The van der Waals surface area contributed by atoms with E-state index in [0.29, 0.717) is 5.92 Å². The van der Waals surface area contributed by atoms with Crippen molar-refractivity contribution in [2.24, 2.45) is 5.92 Å². The van der Waals surface area contributed by atoms with Crippen LogP contribution in [0.1, 0.15) is 18.0 Å². The van der Waals surface area contributed by atoms with E-state index in [0.717, 1.165) is 49.2 Å². The van der Waals surface area contributed by atoms with E-state index in [1.54, 1.807) is 0 Å². The van der Waals surface area contributed by atoms with Gasteiger partial charge >= 0.3 is 0 Å². The standard InChI is InChI=1S/C19H23FN6/c20-16-8-6-14(7-9-16)19-15(13-22-24-19)12-21-10-3-11-26-18-5-2-1-4-17(18)23-25-26/h1-2,4-9,15,19,21-22,24H,3,10-13H2. The van der Waals surface area contributed by atoms with Crippen molar-refractivity contribution in [1.29, 1.82) is 0 Å². The number of rotatable bonds is 7. The minimum Gasteiger partial charge on any atom is -0.316 e. The molecule has 1 saturated heterocycles. The molecule has 1 aliphatic rings. The SMILES string of the molecule is Fc1ccc(C2NNCC2CNCCCn2nnc3ccccc32)cc1. The van der Waals surface area contributed by atoms with Gasteiger partial charge in [0.05, 0.1) is 11.6 Å². The van der Waals surface area contributed by atoms with Crippen LogP contribution in [0.5, 0.6) is 0 Å². The Bertz CT molecular complexity index is 847. The highest BCUT2D eigenvalue weighted by atomic mass is 19.1. The highest BCUT2D eigenvalue weighted by Gasteiger charge is 2.27. The lowest BCUT2D eigenvalue weighted by molar-refractivity contribution is 0.433. The Balaban J connectivity index is 1.25. The molecule has 1 aromatic heterocycles. The number of aryl methyl sites for hydroxylation is 1. The van der Waals surface area contributed by atoms with Crippen LogP contribution in [0.4, 0.5) is 4.39 Å². The molecule has 2 unspecified atom stereocenters. The fraction of sp³-hybridized carbons (Fsp3) is 0.368. The smallest absolute Gasteiger partial charge is 0.123 e. The topological polar surface area (TPSA) is 66.8 Å². The maximum atomic E-state index is 13.1. The van der Waals surface area contributed by atoms with Crippen LogP contribution in [0.15, 0.2) is 48.5 Å². The Morgan fingerprint density at radius 3 is 2.88 bits per heavy atom. The molecule has 3 aromatic rings. The van der Waals surface area contributed by atoms with E-state index in [4.69, 9.17) is 0 Å². The van der Waals surface area contributed by atoms with E-state index >= 15 is 0 Å². The molecule has 0 bridgehead atoms. The summed E-state index contributed by atoms with van der Waals surface area (Å²) in [6, 6.07) is 14.9. The molecule has 1 aliphatic heterocycles. The monoisotopic (exact) mass is 354 g/mol. The second-order valence-electron chi connectivity index (χ2n) is 6.67. The van der Waals surface area contributed by atoms with Gasteiger partial charge in [0, 0.05) is 25.6 Å². The molecular formula is C19H23FN6. The summed E-state index contributed by atoms with van der Waals surface area (Å²) < 4.78 is 15.1. The van der Waals surface area contributed by atoms with Crippen LogP contribution in [0, 0.1) is 11.7 Å². The van der Waals surface area contributed by atoms with Gasteiger partial charge in [-0.15, -0.1) is 5.10 Å². The summed E-state index contributed by atoms with van der Waals surface area (Å²) in [7, 11) is 0. The molecule has 0 amide bonds. The zero-order chi connectivity index (χ0) is 17.8. The van der Waals surface area contributed by atoms with Crippen molar-refractivity contribution in [3.63, 3.8) is 0 Å². The molecule has 26 heavy (non-hydrogen) atoms. The molecule has 0 saturated carbocycles. The van der Waals surface area contributed by atoms with E-state index in [2.05, 4.69) is 26.5 Å². The van der Waals surface area contributed by atoms with Gasteiger partial charge < -0.3 is 5.32 Å². The summed E-state index contributed by atoms with van der Waals surface area (Å²) in [4.78, 5) is 0. The number of nitrogens with one attached hydrogen (secondary N) is 3. The van der Waals surface area contributed by atoms with Gasteiger partial charge in [0.25, 0.3) is 0 Å². The Morgan fingerprint density at radius 2 is 2.00 bits per heavy atom. The minimum atomic E-state index is -0.199. The number of hydrogen-bond acceptors (Lipinski definition) is 5. The van der Waals surface area contributed by atoms with Crippen LogP contribution in [-0.2, 0) is 6.54 Å². The molecule has 0 aliphatic carbocycles. The number of hydrazine groups is 1. The summed E-state index contributed by atoms with van der Waals surface area (Å²) in [5, 5.41) is 11.9. The second kappa shape index (κ2) is 7.90. The van der Waals surface area contributed by atoms with Crippen molar-refractivity contribution in [2.45, 2.75) is 19.0 Å². The predicted molar refractivity (Wildman–Crippen MR) is 98.8 cm³/mol. The molecular weight excluding hydrogens is 331 g/mol. The van der Waals surface area contributed by atoms with Crippen molar-refractivity contribution < 1.29 is 4.39 Å². The number of nitrogens with zero attached hydrogens (tertiary/aromatic N) is 3. The number of halogens is 1. The average Bonchev–Trinajstić information content (AvgIpc) is 3.29. The Kier molecular flexibility index (Phi) is 5.19. The highest BCUT2D eigenvalue weighted by Crippen LogP contribution is 2.24. The first kappa shape index (κ1) is 17.1. The zero-order valence-corrected chi connectivity index (χ0v) is 14.5. The second-order valence-corrected chi connectivity index (χ2v) is 6.67. The average molecular weight is 354 g/mol. The first-order valence-electron chi connectivity index (χ1n) is 9.04. The van der Waals surface area contributed by atoms with Gasteiger partial charge in [-0.25, -0.2) is 14.5 Å². The molecule has 0 radical (unpaired) electrons. The van der Waals surface area contributed by atoms with Gasteiger partial charge in [-0.3, -0.25) is 5.43 Å². The lowest BCUT2D eigenvalue weighted by Crippen LogP contribution is -2.29. The third-order valence-corrected chi connectivity index (χ3v) is 4.87. The number of benzene rings is 2. The van der Waals surface area contributed by atoms with Crippen molar-refractivity contribution >= 4 is 11.0 Å². The third kappa shape index (κ3) is 3.75. The van der Waals surface area contributed by atoms with Crippen LogP contribution < -0.4 is 16.2 Å². The summed E-state index contributed by atoms with van der Waals surface area (Å²) in [6.07, 6.45) is 0.988. The van der Waals surface area contributed by atoms with Crippen molar-refractivity contribution in [1.82, 2.24) is 31.2 Å². The molecule has 6 nitrogen and oxygen atoms in total. The number of hydrogen-bond donors (Lipinski definition) is 3. The molecule has 1 fully saturated rings. The molecule has 2 heterocycles. The van der Waals surface area contributed by atoms with Crippen molar-refractivity contribution in [3.05, 3.63) is 59.9 Å². The molecule has 2 aromatic carbocycles. The Morgan fingerprint density at radius 1 is 1.15 bits per heavy atom. The number of fused-ring (bicyclic) bond motifs is 1. The maximum Gasteiger partial charge on any atom is 0.123 e. The molecule has 2 atom stereocenters. The van der Waals surface area contributed by atoms with E-state index in [-0.39, 0.29) is 11.9 Å². The van der Waals surface area contributed by atoms with Crippen molar-refractivity contribution in [2.75, 3.05) is 19.6 Å². The highest BCUT2D eigenvalue weighted by molar-refractivity contribution is 5.73. The number of para-hydroxylation sites is 1. The first-order chi connectivity index (χ1) is 12.8. The maximum absolute atomic E-state index is 13.1. The summed E-state index contributed by atoms with van der Waals surface area (Å²) in [6.45, 7) is 3.56. The first-order valence-corrected chi connectivity index (χ1v) is 9.04. The fourth-order valence-electron chi connectivity index (χ4n) is 3.48. The van der Waals surface area contributed by atoms with E-state index < -0.39 is 0 Å². The van der Waals surface area contributed by atoms with Gasteiger partial charge in [0.1, 0.15) is 11.3 Å². The molecule has 7 heteroatoms. The molecule has 3 N–H and O–H groups in total. The Hall–Kier alpha value is -2.35. The molecule has 136 valence electrons. The summed E-state index contributed by atoms with van der Waals surface area (Å²) >= 11 is 0. The van der Waals surface area contributed by atoms with Gasteiger partial charge in [-0.05, 0) is 42.8 Å². The van der Waals surface area contributed by atoms with Crippen molar-refractivity contribution in [3.8, 4) is 0 Å². The largest absolute Gasteiger partial charge is 0.316 e. The van der Waals surface area contributed by atoms with Gasteiger partial charge in [0.2, 0.25) is 0 Å². The zero-order valence-electron chi connectivity index (χ0n) is 14.5. The lowest BCUT2D eigenvalue weighted by atomic mass is 9.95. The van der Waals surface area contributed by atoms with Gasteiger partial charge in [-0.1, -0.05) is 29.5 Å². The minimum absolute atomic E-state index is 0.197. The predicted octanol–water partition coefficient (Wildman–Crippen LogP) is 2.02. The van der Waals surface area contributed by atoms with E-state index in [1.807, 2.05) is 41.1 Å². The van der Waals surface area contributed by atoms with Crippen LogP contribution in [0.3, 0.4) is 0 Å². The normalized spacial score (nSPS) is 20.0. The van der Waals surface area contributed by atoms with Crippen LogP contribution in [0.2, 0.25) is 0 Å². The Labute approximate surface area is 151 Å².